The van der Waals surface area contributed by atoms with Gasteiger partial charge in [-0.3, -0.25) is 0 Å². The molecule has 0 N–H and O–H groups in total. The Morgan fingerprint density at radius 2 is 1.21 bits per heavy atom. The second kappa shape index (κ2) is 9.03. The van der Waals surface area contributed by atoms with Gasteiger partial charge >= 0.3 is 7.12 Å². The van der Waals surface area contributed by atoms with Crippen molar-refractivity contribution in [3.05, 3.63) is 115 Å². The number of fused-ring (bicyclic) bond motifs is 7. The number of nitrogens with zero attached hydrogens (tertiary/aromatic N) is 2. The second-order valence-electron chi connectivity index (χ2n) is 12.2. The van der Waals surface area contributed by atoms with Crippen LogP contribution in [0.2, 0.25) is 0 Å². The predicted molar refractivity (Wildman–Crippen MR) is 175 cm³/mol. The van der Waals surface area contributed by atoms with Crippen molar-refractivity contribution in [2.24, 2.45) is 0 Å². The third-order valence-electron chi connectivity index (χ3n) is 9.23. The highest BCUT2D eigenvalue weighted by Crippen LogP contribution is 2.43. The molecule has 0 amide bonds. The van der Waals surface area contributed by atoms with Crippen LogP contribution in [0, 0.1) is 0 Å². The quantitative estimate of drug-likeness (QED) is 0.165. The van der Waals surface area contributed by atoms with Gasteiger partial charge in [0, 0.05) is 38.3 Å². The van der Waals surface area contributed by atoms with Gasteiger partial charge < -0.3 is 13.9 Å². The van der Waals surface area contributed by atoms with E-state index in [1.54, 1.807) is 0 Å². The minimum absolute atomic E-state index is 0.440. The number of aromatic nitrogens is 2. The van der Waals surface area contributed by atoms with Gasteiger partial charge in [-0.1, -0.05) is 91.0 Å². The fourth-order valence-electron chi connectivity index (χ4n) is 6.42. The van der Waals surface area contributed by atoms with Crippen molar-refractivity contribution < 1.29 is 9.31 Å². The number of hydrogen-bond acceptors (Lipinski definition) is 3. The molecule has 3 heterocycles. The average Bonchev–Trinajstić information content (AvgIpc) is 3.46. The predicted octanol–water partition coefficient (Wildman–Crippen LogP) is 8.45. The van der Waals surface area contributed by atoms with Gasteiger partial charge in [-0.15, -0.1) is 0 Å². The fourth-order valence-corrected chi connectivity index (χ4v) is 6.42. The van der Waals surface area contributed by atoms with E-state index in [1.807, 2.05) is 0 Å². The molecule has 1 aliphatic heterocycles. The van der Waals surface area contributed by atoms with Crippen LogP contribution in [-0.4, -0.2) is 27.9 Å². The molecule has 0 saturated carbocycles. The Kier molecular flexibility index (Phi) is 5.43. The summed E-state index contributed by atoms with van der Waals surface area (Å²) < 4.78 is 15.4. The maximum Gasteiger partial charge on any atom is 0.497 e. The summed E-state index contributed by atoms with van der Waals surface area (Å²) >= 11 is 0. The molecule has 0 radical (unpaired) electrons. The molecular formula is C37H31BN2O2. The lowest BCUT2D eigenvalue weighted by Gasteiger charge is -2.32. The van der Waals surface area contributed by atoms with Crippen LogP contribution in [0.4, 0.5) is 0 Å². The molecule has 8 rings (SSSR count). The van der Waals surface area contributed by atoms with Crippen molar-refractivity contribution in [1.82, 2.24) is 9.55 Å². The van der Waals surface area contributed by atoms with E-state index in [0.29, 0.717) is 0 Å². The molecule has 4 nitrogen and oxygen atoms in total. The van der Waals surface area contributed by atoms with Gasteiger partial charge in [-0.05, 0) is 57.3 Å². The Bertz CT molecular complexity index is 2130. The molecule has 1 saturated heterocycles. The first kappa shape index (κ1) is 25.3. The van der Waals surface area contributed by atoms with E-state index in [2.05, 4.69) is 148 Å². The van der Waals surface area contributed by atoms with Crippen molar-refractivity contribution in [2.75, 3.05) is 0 Å². The molecule has 0 bridgehead atoms. The van der Waals surface area contributed by atoms with E-state index in [4.69, 9.17) is 14.3 Å². The minimum Gasteiger partial charge on any atom is -0.399 e. The van der Waals surface area contributed by atoms with E-state index in [9.17, 15) is 0 Å². The monoisotopic (exact) mass is 546 g/mol. The Balaban J connectivity index is 1.52. The van der Waals surface area contributed by atoms with Gasteiger partial charge in [-0.2, -0.15) is 0 Å². The maximum atomic E-state index is 6.53. The highest BCUT2D eigenvalue weighted by Gasteiger charge is 2.52. The number of hydrogen-bond donors (Lipinski definition) is 0. The zero-order valence-corrected chi connectivity index (χ0v) is 24.3. The Morgan fingerprint density at radius 3 is 1.95 bits per heavy atom. The van der Waals surface area contributed by atoms with Gasteiger partial charge in [0.05, 0.1) is 33.4 Å². The zero-order valence-electron chi connectivity index (χ0n) is 24.3. The maximum absolute atomic E-state index is 6.53. The van der Waals surface area contributed by atoms with Crippen molar-refractivity contribution in [3.63, 3.8) is 0 Å². The minimum atomic E-state index is -0.504. The Hall–Kier alpha value is -4.45. The van der Waals surface area contributed by atoms with Gasteiger partial charge in [0.1, 0.15) is 0 Å². The second-order valence-corrected chi connectivity index (χ2v) is 12.2. The normalized spacial score (nSPS) is 16.2. The van der Waals surface area contributed by atoms with E-state index in [1.165, 1.54) is 21.7 Å². The summed E-state index contributed by atoms with van der Waals surface area (Å²) in [6.07, 6.45) is 0. The van der Waals surface area contributed by atoms with Crippen LogP contribution in [-0.2, 0) is 9.31 Å². The van der Waals surface area contributed by atoms with Crippen LogP contribution in [0.15, 0.2) is 115 Å². The molecule has 0 unspecified atom stereocenters. The third kappa shape index (κ3) is 3.60. The Labute approximate surface area is 245 Å². The summed E-state index contributed by atoms with van der Waals surface area (Å²) in [6, 6.07) is 40.7. The van der Waals surface area contributed by atoms with Crippen LogP contribution in [0.5, 0.6) is 0 Å². The lowest BCUT2D eigenvalue weighted by atomic mass is 9.77. The lowest BCUT2D eigenvalue weighted by Crippen LogP contribution is -2.41. The van der Waals surface area contributed by atoms with Gasteiger partial charge in [-0.25, -0.2) is 4.98 Å². The topological polar surface area (TPSA) is 36.3 Å². The van der Waals surface area contributed by atoms with Crippen LogP contribution in [0.1, 0.15) is 27.7 Å². The summed E-state index contributed by atoms with van der Waals surface area (Å²) in [5.74, 6) is 0. The lowest BCUT2D eigenvalue weighted by molar-refractivity contribution is 0.00578. The molecule has 1 aliphatic rings. The smallest absolute Gasteiger partial charge is 0.399 e. The van der Waals surface area contributed by atoms with Crippen molar-refractivity contribution in [3.8, 4) is 16.9 Å². The molecule has 1 fully saturated rings. The highest BCUT2D eigenvalue weighted by molar-refractivity contribution is 6.65. The fraction of sp³-hybridized carbons (Fsp3) is 0.162. The van der Waals surface area contributed by atoms with Crippen molar-refractivity contribution in [1.29, 1.82) is 0 Å². The largest absolute Gasteiger partial charge is 0.497 e. The molecule has 2 aromatic heterocycles. The molecule has 0 spiro atoms. The van der Waals surface area contributed by atoms with E-state index in [-0.39, 0.29) is 0 Å². The van der Waals surface area contributed by atoms with E-state index < -0.39 is 18.3 Å². The molecule has 0 aliphatic carbocycles. The number of para-hydroxylation sites is 3. The molecule has 42 heavy (non-hydrogen) atoms. The summed E-state index contributed by atoms with van der Waals surface area (Å²) in [4.78, 5) is 5.48. The summed E-state index contributed by atoms with van der Waals surface area (Å²) in [5.41, 5.74) is 6.51. The number of rotatable bonds is 3. The first-order valence-corrected chi connectivity index (χ1v) is 14.6. The van der Waals surface area contributed by atoms with Crippen LogP contribution in [0.25, 0.3) is 60.4 Å². The molecule has 7 aromatic rings. The molecule has 5 heteroatoms. The molecular weight excluding hydrogens is 515 g/mol. The van der Waals surface area contributed by atoms with Gasteiger partial charge in [0.15, 0.2) is 0 Å². The summed E-state index contributed by atoms with van der Waals surface area (Å²) in [6.45, 7) is 8.37. The van der Waals surface area contributed by atoms with Gasteiger partial charge in [0.2, 0.25) is 0 Å². The average molecular weight is 546 g/mol. The van der Waals surface area contributed by atoms with Crippen LogP contribution in [0.3, 0.4) is 0 Å². The third-order valence-corrected chi connectivity index (χ3v) is 9.23. The first-order chi connectivity index (χ1) is 20.3. The molecule has 5 aromatic carbocycles. The standard InChI is InChI=1S/C37H31BN2O2/c1-36(2)37(3,4)42-38(41-36)29-20-13-19-27-26-22-23-31-32(33(26)34(39-35(27)29)24-14-7-5-8-15-24)28-18-11-12-21-30(28)40(31)25-16-9-6-10-17-25/h5-23H,1-4H3. The van der Waals surface area contributed by atoms with Crippen LogP contribution >= 0.6 is 0 Å². The van der Waals surface area contributed by atoms with Crippen LogP contribution < -0.4 is 5.46 Å². The Morgan fingerprint density at radius 1 is 0.571 bits per heavy atom. The SMILES string of the molecule is CC1(C)OB(c2cccc3c2nc(-c2ccccc2)c2c3ccc3c2c2ccccc2n3-c2ccccc2)OC1(C)C. The first-order valence-electron chi connectivity index (χ1n) is 14.6. The van der Waals surface area contributed by atoms with Crippen molar-refractivity contribution in [2.45, 2.75) is 38.9 Å². The van der Waals surface area contributed by atoms with E-state index in [0.717, 1.165) is 44.2 Å². The molecule has 0 atom stereocenters. The molecule has 204 valence electrons. The number of benzene rings is 5. The zero-order chi connectivity index (χ0) is 28.6. The van der Waals surface area contributed by atoms with E-state index >= 15 is 0 Å². The summed E-state index contributed by atoms with van der Waals surface area (Å²) in [7, 11) is -0.504. The number of pyridine rings is 1. The van der Waals surface area contributed by atoms with Gasteiger partial charge in [0.25, 0.3) is 0 Å². The summed E-state index contributed by atoms with van der Waals surface area (Å²) in [5, 5.41) is 5.84. The highest BCUT2D eigenvalue weighted by atomic mass is 16.7. The van der Waals surface area contributed by atoms with Crippen molar-refractivity contribution >= 4 is 56.1 Å².